The van der Waals surface area contributed by atoms with E-state index in [1.54, 1.807) is 6.20 Å². The summed E-state index contributed by atoms with van der Waals surface area (Å²) in [5, 5.41) is 2.48. The zero-order valence-electron chi connectivity index (χ0n) is 5.09. The number of anilines is 1. The second-order valence-corrected chi connectivity index (χ2v) is 1.80. The highest BCUT2D eigenvalue weighted by Crippen LogP contribution is 2.02. The van der Waals surface area contributed by atoms with E-state index < -0.39 is 0 Å². The minimum atomic E-state index is 0. The Balaban J connectivity index is 0. The average Bonchev–Trinajstić information content (AvgIpc) is 2.24. The van der Waals surface area contributed by atoms with Gasteiger partial charge in [0.2, 0.25) is 0 Å². The van der Waals surface area contributed by atoms with Crippen LogP contribution in [-0.2, 0) is 0 Å². The number of nitrogens with zero attached hydrogens (tertiary/aromatic N) is 1. The zero-order valence-corrected chi connectivity index (χ0v) is 5.90. The fraction of sp³-hybridized carbons (Fsp3) is 0.400. The molecule has 1 heterocycles. The summed E-state index contributed by atoms with van der Waals surface area (Å²) in [6.07, 6.45) is 1.68. The van der Waals surface area contributed by atoms with Crippen molar-refractivity contribution in [1.29, 1.82) is 0 Å². The van der Waals surface area contributed by atoms with Gasteiger partial charge in [0, 0.05) is 13.0 Å². The molecular formula is C5H12N2S. The Bertz CT molecular complexity index is 119. The molecule has 1 aromatic heterocycles. The van der Waals surface area contributed by atoms with Crippen molar-refractivity contribution in [3.8, 4) is 0 Å². The molecule has 0 aromatic carbocycles. The number of rotatable bonds is 0. The van der Waals surface area contributed by atoms with Crippen LogP contribution in [0.1, 0.15) is 15.3 Å². The molecule has 0 unspecified atom stereocenters. The van der Waals surface area contributed by atoms with Crippen molar-refractivity contribution in [2.24, 2.45) is 0 Å². The lowest BCUT2D eigenvalue weighted by Crippen LogP contribution is -1.77. The molecule has 1 rings (SSSR count). The van der Waals surface area contributed by atoms with E-state index in [9.17, 15) is 0 Å². The van der Waals surface area contributed by atoms with Crippen molar-refractivity contribution in [1.82, 2.24) is 4.98 Å². The predicted octanol–water partition coefficient (Wildman–Crippen LogP) is 2.00. The van der Waals surface area contributed by atoms with Crippen molar-refractivity contribution < 1.29 is 1.43 Å². The molecule has 3 heteroatoms. The third-order valence-corrected chi connectivity index (χ3v) is 1.06. The van der Waals surface area contributed by atoms with Crippen molar-refractivity contribution in [3.63, 3.8) is 0 Å². The molecule has 0 spiro atoms. The van der Waals surface area contributed by atoms with E-state index in [1.807, 2.05) is 19.2 Å². The molecule has 1 aromatic rings. The quantitative estimate of drug-likeness (QED) is 0.586. The monoisotopic (exact) mass is 132 g/mol. The summed E-state index contributed by atoms with van der Waals surface area (Å²) in [6.45, 7) is 4.00. The molecule has 0 saturated carbocycles. The van der Waals surface area contributed by atoms with Gasteiger partial charge in [0.25, 0.3) is 0 Å². The maximum Gasteiger partial charge on any atom is 0.179 e. The molecule has 0 saturated heterocycles. The Morgan fingerprint density at radius 3 is 2.50 bits per heavy atom. The summed E-state index contributed by atoms with van der Waals surface area (Å²) in [6, 6.07) is 0. The first-order chi connectivity index (χ1) is 3.89. The first kappa shape index (κ1) is 7.43. The van der Waals surface area contributed by atoms with Crippen LogP contribution in [0.4, 0.5) is 5.13 Å². The van der Waals surface area contributed by atoms with Crippen LogP contribution in [0.2, 0.25) is 0 Å². The minimum Gasteiger partial charge on any atom is -0.375 e. The summed E-state index contributed by atoms with van der Waals surface area (Å²) in [5.41, 5.74) is 5.19. The maximum atomic E-state index is 5.19. The first-order valence-corrected chi connectivity index (χ1v) is 3.42. The van der Waals surface area contributed by atoms with Crippen LogP contribution in [0.25, 0.3) is 0 Å². The summed E-state index contributed by atoms with van der Waals surface area (Å²) in [4.78, 5) is 3.71. The van der Waals surface area contributed by atoms with E-state index in [0.29, 0.717) is 5.13 Å². The Kier molecular flexibility index (Phi) is 4.26. The lowest BCUT2D eigenvalue weighted by Gasteiger charge is -1.67. The fourth-order valence-electron chi connectivity index (χ4n) is 0.234. The summed E-state index contributed by atoms with van der Waals surface area (Å²) in [5.74, 6) is 0. The normalized spacial score (nSPS) is 7.25. The van der Waals surface area contributed by atoms with Gasteiger partial charge >= 0.3 is 0 Å². The Morgan fingerprint density at radius 1 is 1.75 bits per heavy atom. The molecule has 0 aliphatic carbocycles. The predicted molar refractivity (Wildman–Crippen MR) is 40.0 cm³/mol. The molecular weight excluding hydrogens is 120 g/mol. The summed E-state index contributed by atoms with van der Waals surface area (Å²) >= 11 is 1.44. The number of hydrogen-bond donors (Lipinski definition) is 1. The SMILES string of the molecule is CC.Nc1nccs1.[HH]. The second-order valence-electron chi connectivity index (χ2n) is 0.870. The molecule has 0 amide bonds. The van der Waals surface area contributed by atoms with Gasteiger partial charge in [-0.15, -0.1) is 11.3 Å². The molecule has 0 radical (unpaired) electrons. The van der Waals surface area contributed by atoms with E-state index in [4.69, 9.17) is 5.73 Å². The van der Waals surface area contributed by atoms with E-state index in [2.05, 4.69) is 4.98 Å². The molecule has 8 heavy (non-hydrogen) atoms. The molecule has 0 aliphatic heterocycles. The van der Waals surface area contributed by atoms with Gasteiger partial charge < -0.3 is 5.73 Å². The van der Waals surface area contributed by atoms with Gasteiger partial charge in [0.05, 0.1) is 0 Å². The van der Waals surface area contributed by atoms with E-state index in [1.165, 1.54) is 11.3 Å². The van der Waals surface area contributed by atoms with Crippen LogP contribution in [-0.4, -0.2) is 4.98 Å². The number of hydrogen-bond acceptors (Lipinski definition) is 3. The zero-order chi connectivity index (χ0) is 6.41. The molecule has 0 atom stereocenters. The van der Waals surface area contributed by atoms with Crippen LogP contribution in [0.3, 0.4) is 0 Å². The van der Waals surface area contributed by atoms with E-state index >= 15 is 0 Å². The molecule has 0 aliphatic rings. The Hall–Kier alpha value is -0.570. The highest BCUT2D eigenvalue weighted by atomic mass is 32.1. The van der Waals surface area contributed by atoms with Crippen LogP contribution < -0.4 is 5.73 Å². The molecule has 2 N–H and O–H groups in total. The van der Waals surface area contributed by atoms with Gasteiger partial charge in [-0.25, -0.2) is 4.98 Å². The maximum absolute atomic E-state index is 5.19. The van der Waals surface area contributed by atoms with Gasteiger partial charge in [0.15, 0.2) is 5.13 Å². The van der Waals surface area contributed by atoms with Gasteiger partial charge in [0.1, 0.15) is 0 Å². The standard InChI is InChI=1S/C3H4N2S.C2H6.H2/c4-3-5-1-2-6-3;1-2;/h1-2H,(H2,4,5);1-2H3;1H. The average molecular weight is 132 g/mol. The topological polar surface area (TPSA) is 38.9 Å². The Labute approximate surface area is 54.9 Å². The van der Waals surface area contributed by atoms with E-state index in [-0.39, 0.29) is 1.43 Å². The Morgan fingerprint density at radius 2 is 2.38 bits per heavy atom. The number of nitrogen functional groups attached to an aromatic ring is 1. The highest BCUT2D eigenvalue weighted by molar-refractivity contribution is 7.13. The fourth-order valence-corrected chi connectivity index (χ4v) is 0.617. The van der Waals surface area contributed by atoms with Crippen molar-refractivity contribution in [2.75, 3.05) is 5.73 Å². The molecule has 48 valence electrons. The molecule has 2 nitrogen and oxygen atoms in total. The van der Waals surface area contributed by atoms with Crippen molar-refractivity contribution in [2.45, 2.75) is 13.8 Å². The lowest BCUT2D eigenvalue weighted by atomic mass is 11.0. The van der Waals surface area contributed by atoms with Crippen molar-refractivity contribution in [3.05, 3.63) is 11.6 Å². The van der Waals surface area contributed by atoms with Crippen LogP contribution in [0, 0.1) is 0 Å². The first-order valence-electron chi connectivity index (χ1n) is 2.54. The summed E-state index contributed by atoms with van der Waals surface area (Å²) in [7, 11) is 0. The van der Waals surface area contributed by atoms with E-state index in [0.717, 1.165) is 0 Å². The third-order valence-electron chi connectivity index (χ3n) is 0.451. The molecule has 0 bridgehead atoms. The number of aromatic nitrogens is 1. The molecule has 0 fully saturated rings. The van der Waals surface area contributed by atoms with Gasteiger partial charge in [-0.3, -0.25) is 0 Å². The third kappa shape index (κ3) is 2.58. The van der Waals surface area contributed by atoms with Gasteiger partial charge in [-0.2, -0.15) is 0 Å². The number of thiazole rings is 1. The van der Waals surface area contributed by atoms with Crippen molar-refractivity contribution >= 4 is 16.5 Å². The second kappa shape index (κ2) is 4.59. The van der Waals surface area contributed by atoms with Crippen LogP contribution >= 0.6 is 11.3 Å². The smallest absolute Gasteiger partial charge is 0.179 e. The van der Waals surface area contributed by atoms with Crippen LogP contribution in [0.15, 0.2) is 11.6 Å². The summed E-state index contributed by atoms with van der Waals surface area (Å²) < 4.78 is 0. The largest absolute Gasteiger partial charge is 0.375 e. The number of nitrogens with two attached hydrogens (primary N) is 1. The minimum absolute atomic E-state index is 0. The van der Waals surface area contributed by atoms with Gasteiger partial charge in [-0.05, 0) is 0 Å². The van der Waals surface area contributed by atoms with Crippen LogP contribution in [0.5, 0.6) is 0 Å². The highest BCUT2D eigenvalue weighted by Gasteiger charge is 1.76. The lowest BCUT2D eigenvalue weighted by molar-refractivity contribution is 1.43. The van der Waals surface area contributed by atoms with Gasteiger partial charge in [-0.1, -0.05) is 13.8 Å².